The molecule has 186 valence electrons. The Morgan fingerprint density at radius 2 is 1.79 bits per heavy atom. The Morgan fingerprint density at radius 3 is 2.38 bits per heavy atom. The van der Waals surface area contributed by atoms with E-state index in [1.54, 1.807) is 30.3 Å². The SMILES string of the molecule is COC(=O)[C@H](CCCN/C(N)=N\[N+](=O)[O-])NC(=O)[C@@H](CC(N)=O)NC(=O)OCc1ccccc1. The number of hydrogen-bond donors (Lipinski definition) is 5. The molecule has 0 aromatic heterocycles. The highest BCUT2D eigenvalue weighted by molar-refractivity contribution is 5.92. The normalized spacial score (nSPS) is 12.6. The first-order valence-corrected chi connectivity index (χ1v) is 9.98. The summed E-state index contributed by atoms with van der Waals surface area (Å²) in [7, 11) is 1.11. The van der Waals surface area contributed by atoms with Crippen LogP contribution in [0.2, 0.25) is 0 Å². The fourth-order valence-corrected chi connectivity index (χ4v) is 2.63. The molecule has 34 heavy (non-hydrogen) atoms. The summed E-state index contributed by atoms with van der Waals surface area (Å²) in [5.74, 6) is -2.95. The highest BCUT2D eigenvalue weighted by Crippen LogP contribution is 2.04. The van der Waals surface area contributed by atoms with Crippen molar-refractivity contribution in [3.05, 3.63) is 46.0 Å². The van der Waals surface area contributed by atoms with Gasteiger partial charge in [0.1, 0.15) is 23.8 Å². The third kappa shape index (κ3) is 11.3. The quantitative estimate of drug-likeness (QED) is 0.0557. The number of hydrazone groups is 1. The second-order valence-corrected chi connectivity index (χ2v) is 6.81. The molecule has 3 amide bonds. The minimum atomic E-state index is -1.41. The monoisotopic (exact) mass is 481 g/mol. The Balaban J connectivity index is 2.69. The predicted octanol–water partition coefficient (Wildman–Crippen LogP) is -1.31. The van der Waals surface area contributed by atoms with Gasteiger partial charge in [0.05, 0.1) is 13.5 Å². The highest BCUT2D eigenvalue weighted by atomic mass is 16.7. The lowest BCUT2D eigenvalue weighted by atomic mass is 10.1. The molecule has 1 aromatic carbocycles. The van der Waals surface area contributed by atoms with Gasteiger partial charge in [-0.25, -0.2) is 19.7 Å². The smallest absolute Gasteiger partial charge is 0.408 e. The molecule has 0 bridgehead atoms. The van der Waals surface area contributed by atoms with Crippen LogP contribution >= 0.6 is 0 Å². The number of carbonyl (C=O) groups is 4. The molecule has 15 heteroatoms. The van der Waals surface area contributed by atoms with Crippen molar-refractivity contribution in [1.29, 1.82) is 0 Å². The molecule has 2 atom stereocenters. The summed E-state index contributed by atoms with van der Waals surface area (Å²) in [6.07, 6.45) is -1.25. The summed E-state index contributed by atoms with van der Waals surface area (Å²) in [4.78, 5) is 58.4. The van der Waals surface area contributed by atoms with E-state index in [1.807, 2.05) is 0 Å². The van der Waals surface area contributed by atoms with Gasteiger partial charge in [-0.05, 0) is 18.4 Å². The van der Waals surface area contributed by atoms with E-state index < -0.39 is 53.4 Å². The Kier molecular flexibility index (Phi) is 11.9. The molecular formula is C19H27N7O8. The van der Waals surface area contributed by atoms with Crippen molar-refractivity contribution in [3.8, 4) is 0 Å². The standard InChI is InChI=1S/C19H27N7O8/c1-33-17(29)13(8-5-9-22-18(21)25-26(31)32)23-16(28)14(10-15(20)27)24-19(30)34-11-12-6-3-2-4-7-12/h2-4,6-7,13-14H,5,8-11H2,1H3,(H2,20,27)(H,23,28)(H,24,30)(H3,21,22,25)/t13-,14+/m0/s1. The minimum Gasteiger partial charge on any atom is -0.467 e. The number of nitrogens with one attached hydrogen (secondary N) is 3. The zero-order chi connectivity index (χ0) is 25.5. The maximum Gasteiger partial charge on any atom is 0.408 e. The van der Waals surface area contributed by atoms with Crippen LogP contribution in [0.1, 0.15) is 24.8 Å². The molecule has 15 nitrogen and oxygen atoms in total. The molecular weight excluding hydrogens is 454 g/mol. The first kappa shape index (κ1) is 27.6. The Labute approximate surface area is 194 Å². The van der Waals surface area contributed by atoms with Crippen LogP contribution in [0.25, 0.3) is 0 Å². The van der Waals surface area contributed by atoms with Crippen LogP contribution in [0.15, 0.2) is 35.4 Å². The number of esters is 1. The zero-order valence-corrected chi connectivity index (χ0v) is 18.4. The van der Waals surface area contributed by atoms with Gasteiger partial charge in [-0.15, -0.1) is 0 Å². The number of amides is 3. The van der Waals surface area contributed by atoms with Crippen LogP contribution in [0, 0.1) is 10.1 Å². The molecule has 0 aliphatic carbocycles. The van der Waals surface area contributed by atoms with Crippen molar-refractivity contribution >= 4 is 29.8 Å². The molecule has 0 spiro atoms. The van der Waals surface area contributed by atoms with E-state index in [9.17, 15) is 29.3 Å². The zero-order valence-electron chi connectivity index (χ0n) is 18.4. The van der Waals surface area contributed by atoms with Crippen LogP contribution < -0.4 is 27.4 Å². The Morgan fingerprint density at radius 1 is 1.12 bits per heavy atom. The van der Waals surface area contributed by atoms with E-state index in [0.717, 1.165) is 7.11 Å². The molecule has 0 radical (unpaired) electrons. The third-order valence-electron chi connectivity index (χ3n) is 4.19. The van der Waals surface area contributed by atoms with Crippen molar-refractivity contribution in [3.63, 3.8) is 0 Å². The summed E-state index contributed by atoms with van der Waals surface area (Å²) in [6, 6.07) is 6.21. The number of primary amides is 1. The number of alkyl carbamates (subject to hydrolysis) is 1. The molecule has 1 aromatic rings. The number of nitrogens with two attached hydrogens (primary N) is 2. The van der Waals surface area contributed by atoms with E-state index >= 15 is 0 Å². The summed E-state index contributed by atoms with van der Waals surface area (Å²) >= 11 is 0. The van der Waals surface area contributed by atoms with Crippen molar-refractivity contribution in [1.82, 2.24) is 16.0 Å². The van der Waals surface area contributed by atoms with Crippen molar-refractivity contribution in [2.75, 3.05) is 13.7 Å². The summed E-state index contributed by atoms with van der Waals surface area (Å²) in [5, 5.41) is 19.2. The van der Waals surface area contributed by atoms with E-state index in [0.29, 0.717) is 5.56 Å². The minimum absolute atomic E-state index is 0.0406. The number of rotatable bonds is 13. The van der Waals surface area contributed by atoms with Crippen LogP contribution in [0.5, 0.6) is 0 Å². The average Bonchev–Trinajstić information content (AvgIpc) is 2.78. The summed E-state index contributed by atoms with van der Waals surface area (Å²) in [5.41, 5.74) is 11.2. The fourth-order valence-electron chi connectivity index (χ4n) is 2.63. The van der Waals surface area contributed by atoms with Crippen molar-refractivity contribution in [2.24, 2.45) is 16.6 Å². The molecule has 0 unspecified atom stereocenters. The molecule has 0 saturated heterocycles. The summed E-state index contributed by atoms with van der Waals surface area (Å²) < 4.78 is 9.70. The first-order chi connectivity index (χ1) is 16.1. The number of guanidine groups is 1. The lowest BCUT2D eigenvalue weighted by molar-refractivity contribution is -0.485. The van der Waals surface area contributed by atoms with Gasteiger partial charge in [-0.2, -0.15) is 0 Å². The van der Waals surface area contributed by atoms with Crippen LogP contribution in [0.4, 0.5) is 4.79 Å². The van der Waals surface area contributed by atoms with Gasteiger partial charge in [0.15, 0.2) is 5.03 Å². The third-order valence-corrected chi connectivity index (χ3v) is 4.19. The van der Waals surface area contributed by atoms with E-state index in [1.165, 1.54) is 0 Å². The number of methoxy groups -OCH3 is 1. The van der Waals surface area contributed by atoms with Crippen molar-refractivity contribution in [2.45, 2.75) is 38.0 Å². The van der Waals surface area contributed by atoms with Gasteiger partial charge in [0, 0.05) is 6.54 Å². The maximum absolute atomic E-state index is 12.7. The molecule has 0 aliphatic heterocycles. The number of ether oxygens (including phenoxy) is 2. The fraction of sp³-hybridized carbons (Fsp3) is 0.421. The Hall–Kier alpha value is -4.43. The van der Waals surface area contributed by atoms with Gasteiger partial charge < -0.3 is 36.9 Å². The van der Waals surface area contributed by atoms with Gasteiger partial charge in [0.2, 0.25) is 11.8 Å². The van der Waals surface area contributed by atoms with E-state index in [-0.39, 0.29) is 26.0 Å². The van der Waals surface area contributed by atoms with Gasteiger partial charge in [0.25, 0.3) is 5.96 Å². The second kappa shape index (κ2) is 14.6. The average molecular weight is 481 g/mol. The summed E-state index contributed by atoms with van der Waals surface area (Å²) in [6.45, 7) is 0.0273. The lowest BCUT2D eigenvalue weighted by Crippen LogP contribution is -2.53. The number of hydrogen-bond acceptors (Lipinski definition) is 8. The maximum atomic E-state index is 12.7. The van der Waals surface area contributed by atoms with Crippen molar-refractivity contribution < 1.29 is 33.7 Å². The van der Waals surface area contributed by atoms with Crippen LogP contribution in [-0.2, 0) is 30.5 Å². The van der Waals surface area contributed by atoms with Gasteiger partial charge in [-0.3, -0.25) is 9.59 Å². The van der Waals surface area contributed by atoms with Crippen LogP contribution in [0.3, 0.4) is 0 Å². The Bertz CT molecular complexity index is 894. The number of nitro groups is 1. The molecule has 7 N–H and O–H groups in total. The molecule has 1 rings (SSSR count). The number of nitrogens with zero attached hydrogens (tertiary/aromatic N) is 2. The predicted molar refractivity (Wildman–Crippen MR) is 117 cm³/mol. The second-order valence-electron chi connectivity index (χ2n) is 6.81. The van der Waals surface area contributed by atoms with E-state index in [4.69, 9.17) is 16.2 Å². The molecule has 0 fully saturated rings. The molecule has 0 aliphatic rings. The van der Waals surface area contributed by atoms with Gasteiger partial charge in [-0.1, -0.05) is 30.3 Å². The topological polar surface area (TPSA) is 230 Å². The first-order valence-electron chi connectivity index (χ1n) is 9.98. The van der Waals surface area contributed by atoms with Gasteiger partial charge >= 0.3 is 12.1 Å². The number of benzene rings is 1. The largest absolute Gasteiger partial charge is 0.467 e. The van der Waals surface area contributed by atoms with E-state index in [2.05, 4.69) is 25.8 Å². The molecule has 0 saturated carbocycles. The lowest BCUT2D eigenvalue weighted by Gasteiger charge is -2.21. The molecule has 0 heterocycles. The van der Waals surface area contributed by atoms with Crippen LogP contribution in [-0.4, -0.2) is 60.6 Å². The number of carbonyl (C=O) groups excluding carboxylic acids is 4. The highest BCUT2D eigenvalue weighted by Gasteiger charge is 2.28.